The van der Waals surface area contributed by atoms with Crippen LogP contribution in [-0.2, 0) is 6.54 Å². The molecule has 2 heterocycles. The molecule has 0 aliphatic carbocycles. The number of amides is 1. The summed E-state index contributed by atoms with van der Waals surface area (Å²) in [6.07, 6.45) is 2.54. The predicted molar refractivity (Wildman–Crippen MR) is 67.8 cm³/mol. The first-order chi connectivity index (χ1) is 8.67. The van der Waals surface area contributed by atoms with E-state index in [1.54, 1.807) is 23.2 Å². The lowest BCUT2D eigenvalue weighted by Gasteiger charge is -2.25. The monoisotopic (exact) mass is 249 g/mol. The minimum atomic E-state index is -0.0769. The first kappa shape index (κ1) is 13.0. The van der Waals surface area contributed by atoms with E-state index in [2.05, 4.69) is 11.9 Å². The van der Waals surface area contributed by atoms with Gasteiger partial charge in [-0.15, -0.1) is 0 Å². The van der Waals surface area contributed by atoms with Crippen molar-refractivity contribution in [3.8, 4) is 0 Å². The summed E-state index contributed by atoms with van der Waals surface area (Å²) in [5, 5.41) is 9.38. The van der Waals surface area contributed by atoms with Gasteiger partial charge in [0.2, 0.25) is 0 Å². The Balaban J connectivity index is 2.20. The van der Waals surface area contributed by atoms with E-state index in [9.17, 15) is 9.90 Å². The smallest absolute Gasteiger partial charge is 0.254 e. The fourth-order valence-corrected chi connectivity index (χ4v) is 2.43. The van der Waals surface area contributed by atoms with Crippen molar-refractivity contribution in [2.45, 2.75) is 25.9 Å². The molecule has 2 unspecified atom stereocenters. The molecule has 0 bridgehead atoms. The predicted octanol–water partition coefficient (Wildman–Crippen LogP) is 0.383. The van der Waals surface area contributed by atoms with Crippen molar-refractivity contribution in [1.29, 1.82) is 0 Å². The van der Waals surface area contributed by atoms with E-state index in [4.69, 9.17) is 5.73 Å². The molecule has 2 rings (SSSR count). The van der Waals surface area contributed by atoms with E-state index < -0.39 is 0 Å². The van der Waals surface area contributed by atoms with Gasteiger partial charge >= 0.3 is 0 Å². The molecule has 1 fully saturated rings. The third kappa shape index (κ3) is 2.37. The number of aliphatic hydroxyl groups excluding tert-OH is 1. The zero-order valence-corrected chi connectivity index (χ0v) is 10.5. The lowest BCUT2D eigenvalue weighted by atomic mass is 10.0. The molecule has 5 heteroatoms. The standard InChI is InChI=1S/C13H19N3O2/c1-9-3-5-16(12(9)8-17)13(18)10-2-4-15-11(6-10)7-14/h2,4,6,9,12,17H,3,5,7-8,14H2,1H3. The van der Waals surface area contributed by atoms with Gasteiger partial charge in [-0.25, -0.2) is 0 Å². The Morgan fingerprint density at radius 3 is 3.11 bits per heavy atom. The van der Waals surface area contributed by atoms with Gasteiger partial charge in [-0.2, -0.15) is 0 Å². The van der Waals surface area contributed by atoms with E-state index in [1.165, 1.54) is 0 Å². The van der Waals surface area contributed by atoms with Gasteiger partial charge in [-0.3, -0.25) is 9.78 Å². The molecule has 1 aromatic heterocycles. The second-order valence-electron chi connectivity index (χ2n) is 4.75. The van der Waals surface area contributed by atoms with Crippen molar-refractivity contribution < 1.29 is 9.90 Å². The second-order valence-corrected chi connectivity index (χ2v) is 4.75. The number of nitrogens with two attached hydrogens (primary N) is 1. The van der Waals surface area contributed by atoms with Crippen LogP contribution in [0.15, 0.2) is 18.3 Å². The van der Waals surface area contributed by atoms with Crippen LogP contribution in [0.25, 0.3) is 0 Å². The minimum Gasteiger partial charge on any atom is -0.394 e. The summed E-state index contributed by atoms with van der Waals surface area (Å²) in [4.78, 5) is 18.2. The number of carbonyl (C=O) groups excluding carboxylic acids is 1. The first-order valence-electron chi connectivity index (χ1n) is 6.24. The Morgan fingerprint density at radius 1 is 1.67 bits per heavy atom. The number of hydrogen-bond donors (Lipinski definition) is 2. The third-order valence-electron chi connectivity index (χ3n) is 3.60. The highest BCUT2D eigenvalue weighted by Crippen LogP contribution is 2.25. The summed E-state index contributed by atoms with van der Waals surface area (Å²) in [6.45, 7) is 3.10. The summed E-state index contributed by atoms with van der Waals surface area (Å²) in [5.41, 5.74) is 6.82. The van der Waals surface area contributed by atoms with Crippen LogP contribution in [0.2, 0.25) is 0 Å². The van der Waals surface area contributed by atoms with Crippen LogP contribution in [0.4, 0.5) is 0 Å². The molecule has 1 saturated heterocycles. The van der Waals surface area contributed by atoms with Crippen molar-refractivity contribution in [2.75, 3.05) is 13.2 Å². The van der Waals surface area contributed by atoms with Crippen molar-refractivity contribution in [3.05, 3.63) is 29.6 Å². The second kappa shape index (κ2) is 5.46. The fraction of sp³-hybridized carbons (Fsp3) is 0.538. The Hall–Kier alpha value is -1.46. The van der Waals surface area contributed by atoms with Gasteiger partial charge < -0.3 is 15.7 Å². The first-order valence-corrected chi connectivity index (χ1v) is 6.24. The number of nitrogens with zero attached hydrogens (tertiary/aromatic N) is 2. The van der Waals surface area contributed by atoms with Crippen LogP contribution in [0.5, 0.6) is 0 Å². The number of carbonyl (C=O) groups is 1. The summed E-state index contributed by atoms with van der Waals surface area (Å²) < 4.78 is 0. The van der Waals surface area contributed by atoms with Crippen molar-refractivity contribution in [2.24, 2.45) is 11.7 Å². The highest BCUT2D eigenvalue weighted by molar-refractivity contribution is 5.94. The molecule has 1 amide bonds. The number of aliphatic hydroxyl groups is 1. The van der Waals surface area contributed by atoms with E-state index in [0.29, 0.717) is 30.3 Å². The molecule has 0 saturated carbocycles. The van der Waals surface area contributed by atoms with Crippen LogP contribution in [-0.4, -0.2) is 40.1 Å². The molecule has 3 N–H and O–H groups in total. The average molecular weight is 249 g/mol. The van der Waals surface area contributed by atoms with Gasteiger partial charge in [0.25, 0.3) is 5.91 Å². The summed E-state index contributed by atoms with van der Waals surface area (Å²) >= 11 is 0. The molecule has 1 aliphatic rings. The van der Waals surface area contributed by atoms with Crippen LogP contribution in [0.1, 0.15) is 29.4 Å². The van der Waals surface area contributed by atoms with Gasteiger partial charge in [0.1, 0.15) is 0 Å². The van der Waals surface area contributed by atoms with Gasteiger partial charge in [-0.1, -0.05) is 6.92 Å². The zero-order chi connectivity index (χ0) is 13.1. The van der Waals surface area contributed by atoms with E-state index in [-0.39, 0.29) is 18.6 Å². The van der Waals surface area contributed by atoms with E-state index in [1.807, 2.05) is 0 Å². The third-order valence-corrected chi connectivity index (χ3v) is 3.60. The molecular formula is C13H19N3O2. The topological polar surface area (TPSA) is 79.5 Å². The van der Waals surface area contributed by atoms with Crippen LogP contribution >= 0.6 is 0 Å². The van der Waals surface area contributed by atoms with E-state index >= 15 is 0 Å². The zero-order valence-electron chi connectivity index (χ0n) is 10.5. The number of hydrogen-bond acceptors (Lipinski definition) is 4. The van der Waals surface area contributed by atoms with Gasteiger partial charge in [-0.05, 0) is 24.5 Å². The molecule has 1 aromatic rings. The van der Waals surface area contributed by atoms with Gasteiger partial charge in [0.05, 0.1) is 18.3 Å². The Bertz CT molecular complexity index is 436. The lowest BCUT2D eigenvalue weighted by molar-refractivity contribution is 0.0648. The van der Waals surface area contributed by atoms with Gasteiger partial charge in [0.15, 0.2) is 0 Å². The maximum atomic E-state index is 12.4. The summed E-state index contributed by atoms with van der Waals surface area (Å²) in [5.74, 6) is 0.297. The molecule has 5 nitrogen and oxygen atoms in total. The highest BCUT2D eigenvalue weighted by atomic mass is 16.3. The SMILES string of the molecule is CC1CCN(C(=O)c2ccnc(CN)c2)C1CO. The molecule has 0 radical (unpaired) electrons. The molecular weight excluding hydrogens is 230 g/mol. The number of likely N-dealkylation sites (tertiary alicyclic amines) is 1. The van der Waals surface area contributed by atoms with Crippen LogP contribution < -0.4 is 5.73 Å². The molecule has 98 valence electrons. The number of aromatic nitrogens is 1. The molecule has 1 aliphatic heterocycles. The fourth-order valence-electron chi connectivity index (χ4n) is 2.43. The molecule has 0 spiro atoms. The van der Waals surface area contributed by atoms with Gasteiger partial charge in [0, 0.05) is 24.8 Å². The summed E-state index contributed by atoms with van der Waals surface area (Å²) in [6, 6.07) is 3.34. The van der Waals surface area contributed by atoms with Crippen LogP contribution in [0, 0.1) is 5.92 Å². The lowest BCUT2D eigenvalue weighted by Crippen LogP contribution is -2.39. The Morgan fingerprint density at radius 2 is 2.44 bits per heavy atom. The summed E-state index contributed by atoms with van der Waals surface area (Å²) in [7, 11) is 0. The largest absolute Gasteiger partial charge is 0.394 e. The van der Waals surface area contributed by atoms with Crippen molar-refractivity contribution in [3.63, 3.8) is 0 Å². The van der Waals surface area contributed by atoms with Crippen LogP contribution in [0.3, 0.4) is 0 Å². The quantitative estimate of drug-likeness (QED) is 0.812. The highest BCUT2D eigenvalue weighted by Gasteiger charge is 2.34. The molecule has 18 heavy (non-hydrogen) atoms. The maximum Gasteiger partial charge on any atom is 0.254 e. The maximum absolute atomic E-state index is 12.4. The average Bonchev–Trinajstić information content (AvgIpc) is 2.79. The molecule has 0 aromatic carbocycles. The van der Waals surface area contributed by atoms with Crippen molar-refractivity contribution >= 4 is 5.91 Å². The van der Waals surface area contributed by atoms with E-state index in [0.717, 1.165) is 6.42 Å². The molecule has 2 atom stereocenters. The normalized spacial score (nSPS) is 23.4. The number of rotatable bonds is 3. The minimum absolute atomic E-state index is 0.0156. The number of pyridine rings is 1. The van der Waals surface area contributed by atoms with Crippen molar-refractivity contribution in [1.82, 2.24) is 9.88 Å². The Labute approximate surface area is 107 Å². The Kier molecular flexibility index (Phi) is 3.93.